The third-order valence-electron chi connectivity index (χ3n) is 4.59. The average molecular weight is 389 g/mol. The van der Waals surface area contributed by atoms with E-state index in [1.807, 2.05) is 18.2 Å². The third kappa shape index (κ3) is 5.40. The lowest BCUT2D eigenvalue weighted by Crippen LogP contribution is -2.28. The van der Waals surface area contributed by atoms with E-state index < -0.39 is 10.0 Å². The topological polar surface area (TPSA) is 66.5 Å². The molecule has 2 aromatic rings. The Balaban J connectivity index is 1.93. The van der Waals surface area contributed by atoms with Gasteiger partial charge in [-0.1, -0.05) is 50.2 Å². The molecule has 0 unspecified atom stereocenters. The second-order valence-corrected chi connectivity index (χ2v) is 8.49. The normalized spacial score (nSPS) is 11.6. The number of benzene rings is 2. The van der Waals surface area contributed by atoms with Gasteiger partial charge in [0.2, 0.25) is 15.9 Å². The zero-order valence-corrected chi connectivity index (χ0v) is 17.1. The molecule has 0 spiro atoms. The Kier molecular flexibility index (Phi) is 7.56. The van der Waals surface area contributed by atoms with Gasteiger partial charge < -0.3 is 5.32 Å². The first-order valence-electron chi connectivity index (χ1n) is 9.32. The van der Waals surface area contributed by atoms with E-state index in [-0.39, 0.29) is 17.2 Å². The molecular formula is C21H28N2O3S. The van der Waals surface area contributed by atoms with Gasteiger partial charge in [0.1, 0.15) is 0 Å². The lowest BCUT2D eigenvalue weighted by molar-refractivity contribution is -0.116. The van der Waals surface area contributed by atoms with Crippen LogP contribution >= 0.6 is 0 Å². The number of para-hydroxylation sites is 1. The Morgan fingerprint density at radius 1 is 0.963 bits per heavy atom. The van der Waals surface area contributed by atoms with Gasteiger partial charge >= 0.3 is 0 Å². The molecule has 0 atom stereocenters. The van der Waals surface area contributed by atoms with Crippen LogP contribution in [0.2, 0.25) is 0 Å². The zero-order valence-electron chi connectivity index (χ0n) is 16.2. The van der Waals surface area contributed by atoms with Gasteiger partial charge in [-0.2, -0.15) is 0 Å². The molecule has 0 aliphatic heterocycles. The van der Waals surface area contributed by atoms with Crippen LogP contribution in [0.25, 0.3) is 0 Å². The van der Waals surface area contributed by atoms with Gasteiger partial charge in [-0.3, -0.25) is 4.79 Å². The van der Waals surface area contributed by atoms with E-state index in [2.05, 4.69) is 19.2 Å². The van der Waals surface area contributed by atoms with Crippen molar-refractivity contribution in [2.24, 2.45) is 0 Å². The van der Waals surface area contributed by atoms with E-state index >= 15 is 0 Å². The van der Waals surface area contributed by atoms with Gasteiger partial charge in [0.25, 0.3) is 0 Å². The quantitative estimate of drug-likeness (QED) is 0.709. The molecule has 0 radical (unpaired) electrons. The number of sulfonamides is 1. The van der Waals surface area contributed by atoms with E-state index in [1.165, 1.54) is 4.31 Å². The number of hydrogen-bond acceptors (Lipinski definition) is 3. The average Bonchev–Trinajstić information content (AvgIpc) is 2.68. The number of carbonyl (C=O) groups excluding carboxylic acids is 1. The monoisotopic (exact) mass is 388 g/mol. The van der Waals surface area contributed by atoms with Crippen molar-refractivity contribution >= 4 is 21.6 Å². The molecule has 0 aliphatic rings. The Morgan fingerprint density at radius 3 is 2.11 bits per heavy atom. The molecule has 0 saturated carbocycles. The minimum Gasteiger partial charge on any atom is -0.326 e. The van der Waals surface area contributed by atoms with Gasteiger partial charge in [-0.15, -0.1) is 0 Å². The van der Waals surface area contributed by atoms with Gasteiger partial charge in [-0.05, 0) is 42.5 Å². The van der Waals surface area contributed by atoms with Crippen molar-refractivity contribution < 1.29 is 13.2 Å². The maximum absolute atomic E-state index is 12.5. The first-order valence-corrected chi connectivity index (χ1v) is 10.8. The largest absolute Gasteiger partial charge is 0.326 e. The molecule has 1 N–H and O–H groups in total. The van der Waals surface area contributed by atoms with E-state index in [9.17, 15) is 13.2 Å². The van der Waals surface area contributed by atoms with Gasteiger partial charge in [-0.25, -0.2) is 12.7 Å². The van der Waals surface area contributed by atoms with Crippen LogP contribution in [0.1, 0.15) is 37.8 Å². The Morgan fingerprint density at radius 2 is 1.56 bits per heavy atom. The van der Waals surface area contributed by atoms with Crippen LogP contribution in [0.4, 0.5) is 5.69 Å². The minimum atomic E-state index is -3.52. The number of carbonyl (C=O) groups is 1. The van der Waals surface area contributed by atoms with Crippen molar-refractivity contribution in [2.75, 3.05) is 18.9 Å². The molecule has 0 aliphatic carbocycles. The molecule has 1 amide bonds. The number of hydrogen-bond donors (Lipinski definition) is 1. The first-order chi connectivity index (χ1) is 12.9. The SMILES string of the molecule is CCc1cccc(CC)c1NC(=O)CCCN(C)S(=O)(=O)c1ccccc1. The highest BCUT2D eigenvalue weighted by Gasteiger charge is 2.20. The maximum Gasteiger partial charge on any atom is 0.242 e. The van der Waals surface area contributed by atoms with E-state index in [1.54, 1.807) is 37.4 Å². The summed E-state index contributed by atoms with van der Waals surface area (Å²) in [4.78, 5) is 12.6. The summed E-state index contributed by atoms with van der Waals surface area (Å²) in [7, 11) is -1.97. The van der Waals surface area contributed by atoms with Crippen LogP contribution in [-0.4, -0.2) is 32.2 Å². The minimum absolute atomic E-state index is 0.0869. The van der Waals surface area contributed by atoms with Crippen molar-refractivity contribution in [2.45, 2.75) is 44.4 Å². The summed E-state index contributed by atoms with van der Waals surface area (Å²) >= 11 is 0. The number of nitrogens with one attached hydrogen (secondary N) is 1. The second kappa shape index (κ2) is 9.67. The lowest BCUT2D eigenvalue weighted by Gasteiger charge is -2.17. The summed E-state index contributed by atoms with van der Waals surface area (Å²) in [5, 5.41) is 3.02. The number of aryl methyl sites for hydroxylation is 2. The van der Waals surface area contributed by atoms with Crippen LogP contribution in [0.3, 0.4) is 0 Å². The van der Waals surface area contributed by atoms with Crippen LogP contribution in [0.5, 0.6) is 0 Å². The van der Waals surface area contributed by atoms with Gasteiger partial charge in [0.05, 0.1) is 4.90 Å². The molecule has 0 fully saturated rings. The van der Waals surface area contributed by atoms with E-state index in [0.717, 1.165) is 29.7 Å². The Hall–Kier alpha value is -2.18. The predicted molar refractivity (Wildman–Crippen MR) is 109 cm³/mol. The van der Waals surface area contributed by atoms with Crippen LogP contribution < -0.4 is 5.32 Å². The Bertz CT molecular complexity index is 842. The van der Waals surface area contributed by atoms with Crippen molar-refractivity contribution in [1.29, 1.82) is 0 Å². The highest BCUT2D eigenvalue weighted by atomic mass is 32.2. The standard InChI is InChI=1S/C21H28N2O3S/c1-4-17-11-9-12-18(5-2)21(17)22-20(24)15-10-16-23(3)27(25,26)19-13-7-6-8-14-19/h6-9,11-14H,4-5,10,15-16H2,1-3H3,(H,22,24). The predicted octanol–water partition coefficient (Wildman–Crippen LogP) is 3.85. The first kappa shape index (κ1) is 21.1. The van der Waals surface area contributed by atoms with Crippen LogP contribution in [-0.2, 0) is 27.7 Å². The lowest BCUT2D eigenvalue weighted by atomic mass is 10.0. The van der Waals surface area contributed by atoms with Crippen LogP contribution in [0.15, 0.2) is 53.4 Å². The summed E-state index contributed by atoms with van der Waals surface area (Å²) in [5.74, 6) is -0.0869. The number of anilines is 1. The molecular weight excluding hydrogens is 360 g/mol. The smallest absolute Gasteiger partial charge is 0.242 e. The molecule has 0 heterocycles. The fourth-order valence-electron chi connectivity index (χ4n) is 2.96. The van der Waals surface area contributed by atoms with Crippen molar-refractivity contribution in [3.05, 3.63) is 59.7 Å². The summed E-state index contributed by atoms with van der Waals surface area (Å²) in [6.45, 7) is 4.42. The zero-order chi connectivity index (χ0) is 19.9. The third-order valence-corrected chi connectivity index (χ3v) is 6.46. The highest BCUT2D eigenvalue weighted by Crippen LogP contribution is 2.23. The van der Waals surface area contributed by atoms with Crippen molar-refractivity contribution in [1.82, 2.24) is 4.31 Å². The van der Waals surface area contributed by atoms with E-state index in [0.29, 0.717) is 13.0 Å². The van der Waals surface area contributed by atoms with Crippen molar-refractivity contribution in [3.8, 4) is 0 Å². The summed E-state index contributed by atoms with van der Waals surface area (Å²) in [5.41, 5.74) is 3.13. The van der Waals surface area contributed by atoms with Crippen molar-refractivity contribution in [3.63, 3.8) is 0 Å². The number of amides is 1. The number of rotatable bonds is 9. The molecule has 0 bridgehead atoms. The molecule has 146 valence electrons. The fourth-order valence-corrected chi connectivity index (χ4v) is 4.19. The van der Waals surface area contributed by atoms with E-state index in [4.69, 9.17) is 0 Å². The molecule has 0 saturated heterocycles. The summed E-state index contributed by atoms with van der Waals surface area (Å²) in [6.07, 6.45) is 2.43. The molecule has 6 heteroatoms. The highest BCUT2D eigenvalue weighted by molar-refractivity contribution is 7.89. The molecule has 2 aromatic carbocycles. The fraction of sp³-hybridized carbons (Fsp3) is 0.381. The molecule has 27 heavy (non-hydrogen) atoms. The Labute approximate surface area is 162 Å². The van der Waals surface area contributed by atoms with Gasteiger partial charge in [0, 0.05) is 25.7 Å². The van der Waals surface area contributed by atoms with Gasteiger partial charge in [0.15, 0.2) is 0 Å². The number of nitrogens with zero attached hydrogens (tertiary/aromatic N) is 1. The molecule has 0 aromatic heterocycles. The maximum atomic E-state index is 12.5. The summed E-state index contributed by atoms with van der Waals surface area (Å²) in [6, 6.07) is 14.4. The molecule has 5 nitrogen and oxygen atoms in total. The summed E-state index contributed by atoms with van der Waals surface area (Å²) < 4.78 is 26.3. The second-order valence-electron chi connectivity index (χ2n) is 6.45. The van der Waals surface area contributed by atoms with Crippen LogP contribution in [0, 0.1) is 0 Å². The molecule has 2 rings (SSSR count).